The number of hydrogen-bond donors (Lipinski definition) is 0. The van der Waals surface area contributed by atoms with E-state index in [1.165, 1.54) is 57.2 Å². The summed E-state index contributed by atoms with van der Waals surface area (Å²) in [5.41, 5.74) is 4.61. The summed E-state index contributed by atoms with van der Waals surface area (Å²) in [7, 11) is -1.23. The molecular formula is C37H35FIrN2SSi-2. The first kappa shape index (κ1) is 31.4. The Labute approximate surface area is 272 Å². The Balaban J connectivity index is 0.000000188. The third kappa shape index (κ3) is 7.38. The monoisotopic (exact) mass is 779 g/mol. The van der Waals surface area contributed by atoms with Gasteiger partial charge in [0, 0.05) is 31.0 Å². The standard InChI is InChI=1S/C23H19FNS.C14H16NSi.Ir/c24-20-14-25-21(13-17(20)11-15-5-1-2-6-15)16-9-10-23-19(12-16)18-7-3-4-8-22(18)26-23;1-16(2,3)13-9-10-14(15-11-13)12-7-5-4-6-8-12;/h3-4,7-8,10,12-15H,1-2,5-6,11H2;4-7,9-11H,1-3H3;/q2*-1;. The quantitative estimate of drug-likeness (QED) is 0.129. The third-order valence-corrected chi connectivity index (χ3v) is 11.3. The molecule has 0 N–H and O–H groups in total. The normalized spacial score (nSPS) is 13.5. The van der Waals surface area contributed by atoms with Crippen LogP contribution in [-0.2, 0) is 26.5 Å². The van der Waals surface area contributed by atoms with Crippen LogP contribution in [0.15, 0.2) is 91.3 Å². The van der Waals surface area contributed by atoms with E-state index in [2.05, 4.69) is 84.2 Å². The SMILES string of the molecule is C[Si](C)(C)c1ccc(-c2[c-]cccc2)nc1.Fc1cnc(-c2[c-]cc3sc4ccccc4c3c2)cc1CC1CCCC1.[Ir]. The van der Waals surface area contributed by atoms with Crippen molar-refractivity contribution in [2.24, 2.45) is 5.92 Å². The Morgan fingerprint density at radius 2 is 1.58 bits per heavy atom. The molecule has 3 aromatic carbocycles. The summed E-state index contributed by atoms with van der Waals surface area (Å²) in [4.78, 5) is 8.87. The number of nitrogens with zero attached hydrogens (tertiary/aromatic N) is 2. The summed E-state index contributed by atoms with van der Waals surface area (Å²) in [5.74, 6) is 0.440. The van der Waals surface area contributed by atoms with E-state index in [1.54, 1.807) is 11.3 Å². The van der Waals surface area contributed by atoms with E-state index in [1.807, 2.05) is 42.6 Å². The number of aromatic nitrogens is 2. The molecule has 1 aliphatic carbocycles. The molecule has 0 saturated heterocycles. The summed E-state index contributed by atoms with van der Waals surface area (Å²) < 4.78 is 16.8. The Morgan fingerprint density at radius 1 is 0.814 bits per heavy atom. The minimum Gasteiger partial charge on any atom is -0.305 e. The molecule has 0 unspecified atom stereocenters. The van der Waals surface area contributed by atoms with E-state index in [0.29, 0.717) is 5.92 Å². The number of benzene rings is 3. The van der Waals surface area contributed by atoms with Gasteiger partial charge in [-0.05, 0) is 50.6 Å². The van der Waals surface area contributed by atoms with E-state index in [4.69, 9.17) is 0 Å². The second kappa shape index (κ2) is 13.7. The Morgan fingerprint density at radius 3 is 2.30 bits per heavy atom. The first-order chi connectivity index (χ1) is 20.3. The molecule has 43 heavy (non-hydrogen) atoms. The predicted molar refractivity (Wildman–Crippen MR) is 179 cm³/mol. The topological polar surface area (TPSA) is 25.8 Å². The molecule has 0 atom stereocenters. The van der Waals surface area contributed by atoms with Gasteiger partial charge in [0.15, 0.2) is 0 Å². The van der Waals surface area contributed by atoms with Gasteiger partial charge in [-0.3, -0.25) is 0 Å². The molecule has 3 aromatic heterocycles. The largest absolute Gasteiger partial charge is 0.305 e. The van der Waals surface area contributed by atoms with E-state index in [9.17, 15) is 4.39 Å². The van der Waals surface area contributed by atoms with Gasteiger partial charge in [-0.1, -0.05) is 87.1 Å². The van der Waals surface area contributed by atoms with Crippen molar-refractivity contribution < 1.29 is 24.5 Å². The third-order valence-electron chi connectivity index (χ3n) is 8.12. The van der Waals surface area contributed by atoms with Crippen molar-refractivity contribution in [3.8, 4) is 22.5 Å². The Bertz CT molecular complexity index is 1810. The van der Waals surface area contributed by atoms with Gasteiger partial charge >= 0.3 is 0 Å². The number of halogens is 1. The second-order valence-electron chi connectivity index (χ2n) is 12.2. The molecule has 1 aliphatic rings. The Kier molecular flexibility index (Phi) is 10.0. The predicted octanol–water partition coefficient (Wildman–Crippen LogP) is 9.88. The molecular weight excluding hydrogens is 744 g/mol. The Hall–Kier alpha value is -3.02. The zero-order chi connectivity index (χ0) is 29.1. The van der Waals surface area contributed by atoms with Crippen LogP contribution in [0.25, 0.3) is 42.7 Å². The molecule has 6 aromatic rings. The van der Waals surface area contributed by atoms with Crippen LogP contribution in [0.4, 0.5) is 4.39 Å². The minimum atomic E-state index is -1.23. The smallest absolute Gasteiger partial charge is 0.142 e. The van der Waals surface area contributed by atoms with Gasteiger partial charge in [-0.25, -0.2) is 4.39 Å². The van der Waals surface area contributed by atoms with Crippen LogP contribution in [0.3, 0.4) is 0 Å². The summed E-state index contributed by atoms with van der Waals surface area (Å²) >= 11 is 1.78. The molecule has 0 amide bonds. The van der Waals surface area contributed by atoms with Crippen LogP contribution in [0, 0.1) is 23.9 Å². The fraction of sp³-hybridized carbons (Fsp3) is 0.243. The fourth-order valence-electron chi connectivity index (χ4n) is 5.68. The molecule has 1 fully saturated rings. The van der Waals surface area contributed by atoms with Gasteiger partial charge in [0.1, 0.15) is 5.82 Å². The van der Waals surface area contributed by atoms with Gasteiger partial charge in [0.25, 0.3) is 0 Å². The second-order valence-corrected chi connectivity index (χ2v) is 18.4. The van der Waals surface area contributed by atoms with Crippen molar-refractivity contribution in [1.29, 1.82) is 0 Å². The molecule has 221 valence electrons. The van der Waals surface area contributed by atoms with Crippen LogP contribution in [0.1, 0.15) is 31.2 Å². The number of hydrogen-bond acceptors (Lipinski definition) is 3. The van der Waals surface area contributed by atoms with Gasteiger partial charge < -0.3 is 9.97 Å². The van der Waals surface area contributed by atoms with Crippen LogP contribution >= 0.6 is 11.3 Å². The van der Waals surface area contributed by atoms with Crippen LogP contribution in [0.5, 0.6) is 0 Å². The molecule has 0 bridgehead atoms. The maximum atomic E-state index is 14.3. The van der Waals surface area contributed by atoms with Gasteiger partial charge in [0.05, 0.1) is 14.3 Å². The summed E-state index contributed by atoms with van der Waals surface area (Å²) in [5, 5.41) is 3.88. The van der Waals surface area contributed by atoms with Crippen molar-refractivity contribution in [2.45, 2.75) is 51.7 Å². The molecule has 0 spiro atoms. The van der Waals surface area contributed by atoms with Crippen molar-refractivity contribution >= 4 is 44.8 Å². The van der Waals surface area contributed by atoms with Crippen molar-refractivity contribution in [3.05, 3.63) is 115 Å². The maximum absolute atomic E-state index is 14.3. The van der Waals surface area contributed by atoms with Crippen molar-refractivity contribution in [1.82, 2.24) is 9.97 Å². The molecule has 7 rings (SSSR count). The van der Waals surface area contributed by atoms with E-state index in [-0.39, 0.29) is 25.9 Å². The number of pyridine rings is 2. The average Bonchev–Trinajstić information content (AvgIpc) is 3.66. The first-order valence-corrected chi connectivity index (χ1v) is 19.1. The first-order valence-electron chi connectivity index (χ1n) is 14.8. The summed E-state index contributed by atoms with van der Waals surface area (Å²) in [6.45, 7) is 7.00. The molecule has 3 heterocycles. The maximum Gasteiger partial charge on any atom is 0.142 e. The molecule has 6 heteroatoms. The van der Waals surface area contributed by atoms with E-state index < -0.39 is 8.07 Å². The van der Waals surface area contributed by atoms with Gasteiger partial charge in [-0.15, -0.1) is 59.7 Å². The van der Waals surface area contributed by atoms with Crippen LogP contribution < -0.4 is 5.19 Å². The van der Waals surface area contributed by atoms with Crippen LogP contribution in [0.2, 0.25) is 19.6 Å². The molecule has 1 saturated carbocycles. The molecule has 1 radical (unpaired) electrons. The van der Waals surface area contributed by atoms with E-state index >= 15 is 0 Å². The summed E-state index contributed by atoms with van der Waals surface area (Å²) in [6, 6.07) is 33.3. The number of fused-ring (bicyclic) bond motifs is 3. The average molecular weight is 779 g/mol. The van der Waals surface area contributed by atoms with E-state index in [0.717, 1.165) is 34.5 Å². The van der Waals surface area contributed by atoms with Crippen molar-refractivity contribution in [2.75, 3.05) is 0 Å². The molecule has 2 nitrogen and oxygen atoms in total. The zero-order valence-electron chi connectivity index (χ0n) is 24.8. The summed E-state index contributed by atoms with van der Waals surface area (Å²) in [6.07, 6.45) is 9.21. The molecule has 0 aliphatic heterocycles. The van der Waals surface area contributed by atoms with Crippen LogP contribution in [-0.4, -0.2) is 18.0 Å². The minimum absolute atomic E-state index is 0. The van der Waals surface area contributed by atoms with Gasteiger partial charge in [-0.2, -0.15) is 11.3 Å². The van der Waals surface area contributed by atoms with Crippen molar-refractivity contribution in [3.63, 3.8) is 0 Å². The fourth-order valence-corrected chi connectivity index (χ4v) is 7.78. The zero-order valence-corrected chi connectivity index (χ0v) is 29.0. The van der Waals surface area contributed by atoms with Gasteiger partial charge in [0.2, 0.25) is 0 Å². The number of thiophene rings is 1. The number of rotatable bonds is 5.